The van der Waals surface area contributed by atoms with Crippen molar-refractivity contribution in [1.82, 2.24) is 5.32 Å². The summed E-state index contributed by atoms with van der Waals surface area (Å²) in [6.07, 6.45) is 7.42. The minimum atomic E-state index is -0.822. The van der Waals surface area contributed by atoms with E-state index in [1.165, 1.54) is 38.2 Å². The third-order valence-electron chi connectivity index (χ3n) is 2.70. The number of hydrogen-bond acceptors (Lipinski definition) is 3. The summed E-state index contributed by atoms with van der Waals surface area (Å²) in [5.74, 6) is 0. The average Bonchev–Trinajstić information content (AvgIpc) is 2.31. The molecule has 2 atom stereocenters. The Morgan fingerprint density at radius 2 is 1.75 bits per heavy atom. The van der Waals surface area contributed by atoms with E-state index in [0.29, 0.717) is 6.54 Å². The third kappa shape index (κ3) is 8.89. The van der Waals surface area contributed by atoms with Gasteiger partial charge >= 0.3 is 0 Å². The number of aliphatic hydroxyl groups is 2. The molecule has 0 unspecified atom stereocenters. The molecule has 0 saturated carbocycles. The molecule has 0 aromatic carbocycles. The van der Waals surface area contributed by atoms with Gasteiger partial charge in [0.15, 0.2) is 0 Å². The van der Waals surface area contributed by atoms with Gasteiger partial charge in [-0.25, -0.2) is 0 Å². The molecule has 0 aliphatic carbocycles. The fourth-order valence-electron chi connectivity index (χ4n) is 1.56. The highest BCUT2D eigenvalue weighted by Gasteiger charge is 2.10. The topological polar surface area (TPSA) is 52.5 Å². The number of unbranched alkanes of at least 4 members (excludes halogenated alkanes) is 5. The summed E-state index contributed by atoms with van der Waals surface area (Å²) in [5.41, 5.74) is 0. The molecule has 0 aliphatic rings. The molecule has 0 aromatic rings. The Balaban J connectivity index is 3.17. The zero-order valence-electron chi connectivity index (χ0n) is 10.5. The molecule has 3 heteroatoms. The van der Waals surface area contributed by atoms with Crippen molar-refractivity contribution in [3.63, 3.8) is 0 Å². The van der Waals surface area contributed by atoms with Gasteiger partial charge in [0.1, 0.15) is 0 Å². The van der Waals surface area contributed by atoms with Crippen molar-refractivity contribution in [2.75, 3.05) is 13.1 Å². The second kappa shape index (κ2) is 11.1. The Hall–Kier alpha value is -0.380. The number of aliphatic hydroxyl groups excluding tert-OH is 2. The number of nitrogens with one attached hydrogen (secondary N) is 1. The van der Waals surface area contributed by atoms with Gasteiger partial charge in [-0.05, 0) is 13.0 Å². The lowest BCUT2D eigenvalue weighted by atomic mass is 10.1. The van der Waals surface area contributed by atoms with Crippen molar-refractivity contribution < 1.29 is 10.2 Å². The molecule has 3 nitrogen and oxygen atoms in total. The lowest BCUT2D eigenvalue weighted by Crippen LogP contribution is -2.35. The minimum Gasteiger partial charge on any atom is -0.389 e. The molecule has 0 rings (SSSR count). The van der Waals surface area contributed by atoms with E-state index in [1.54, 1.807) is 0 Å². The highest BCUT2D eigenvalue weighted by molar-refractivity contribution is 4.85. The first-order valence-electron chi connectivity index (χ1n) is 6.41. The van der Waals surface area contributed by atoms with Crippen molar-refractivity contribution in [2.45, 2.75) is 57.7 Å². The van der Waals surface area contributed by atoms with Crippen LogP contribution in [0, 0.1) is 0 Å². The van der Waals surface area contributed by atoms with Crippen LogP contribution in [-0.4, -0.2) is 35.5 Å². The quantitative estimate of drug-likeness (QED) is 0.374. The van der Waals surface area contributed by atoms with E-state index in [4.69, 9.17) is 0 Å². The van der Waals surface area contributed by atoms with Gasteiger partial charge in [-0.15, -0.1) is 6.58 Å². The highest BCUT2D eigenvalue weighted by Crippen LogP contribution is 2.04. The summed E-state index contributed by atoms with van der Waals surface area (Å²) in [6, 6.07) is 0. The standard InChI is InChI=1S/C13H27NO2/c1-3-5-6-7-8-9-10-14-11-13(16)12(15)4-2/h4,12-16H,2-3,5-11H2,1H3/t12-,13-/m1/s1. The first-order valence-corrected chi connectivity index (χ1v) is 6.41. The molecular weight excluding hydrogens is 202 g/mol. The fourth-order valence-corrected chi connectivity index (χ4v) is 1.56. The van der Waals surface area contributed by atoms with Gasteiger partial charge < -0.3 is 15.5 Å². The van der Waals surface area contributed by atoms with Gasteiger partial charge in [-0.3, -0.25) is 0 Å². The Morgan fingerprint density at radius 3 is 2.38 bits per heavy atom. The maximum Gasteiger partial charge on any atom is 0.0989 e. The molecule has 0 saturated heterocycles. The van der Waals surface area contributed by atoms with Crippen LogP contribution < -0.4 is 5.32 Å². The number of hydrogen-bond donors (Lipinski definition) is 3. The minimum absolute atomic E-state index is 0.433. The molecule has 0 bridgehead atoms. The van der Waals surface area contributed by atoms with Gasteiger partial charge in [-0.2, -0.15) is 0 Å². The number of rotatable bonds is 11. The molecule has 0 heterocycles. The first-order chi connectivity index (χ1) is 7.72. The van der Waals surface area contributed by atoms with E-state index < -0.39 is 12.2 Å². The smallest absolute Gasteiger partial charge is 0.0989 e. The predicted octanol–water partition coefficient (Wildman–Crippen LogP) is 1.84. The van der Waals surface area contributed by atoms with Crippen LogP contribution >= 0.6 is 0 Å². The van der Waals surface area contributed by atoms with E-state index in [1.807, 2.05) is 0 Å². The molecule has 0 amide bonds. The molecule has 16 heavy (non-hydrogen) atoms. The largest absolute Gasteiger partial charge is 0.389 e. The van der Waals surface area contributed by atoms with Crippen molar-refractivity contribution in [1.29, 1.82) is 0 Å². The summed E-state index contributed by atoms with van der Waals surface area (Å²) in [4.78, 5) is 0. The fraction of sp³-hybridized carbons (Fsp3) is 0.846. The summed E-state index contributed by atoms with van der Waals surface area (Å²) < 4.78 is 0. The molecule has 0 spiro atoms. The average molecular weight is 229 g/mol. The Morgan fingerprint density at radius 1 is 1.12 bits per heavy atom. The van der Waals surface area contributed by atoms with E-state index in [2.05, 4.69) is 18.8 Å². The van der Waals surface area contributed by atoms with Crippen molar-refractivity contribution in [3.05, 3.63) is 12.7 Å². The van der Waals surface area contributed by atoms with Gasteiger partial charge in [0.25, 0.3) is 0 Å². The zero-order valence-corrected chi connectivity index (χ0v) is 10.5. The summed E-state index contributed by atoms with van der Waals surface area (Å²) in [6.45, 7) is 6.99. The molecule has 0 aliphatic heterocycles. The monoisotopic (exact) mass is 229 g/mol. The van der Waals surface area contributed by atoms with Crippen LogP contribution in [0.2, 0.25) is 0 Å². The van der Waals surface area contributed by atoms with Crippen LogP contribution in [-0.2, 0) is 0 Å². The van der Waals surface area contributed by atoms with Gasteiger partial charge in [-0.1, -0.05) is 45.1 Å². The molecule has 0 fully saturated rings. The van der Waals surface area contributed by atoms with Gasteiger partial charge in [0, 0.05) is 6.54 Å². The van der Waals surface area contributed by atoms with Crippen molar-refractivity contribution in [3.8, 4) is 0 Å². The van der Waals surface area contributed by atoms with E-state index >= 15 is 0 Å². The van der Waals surface area contributed by atoms with Crippen LogP contribution in [0.25, 0.3) is 0 Å². The Labute approximate surface area is 99.6 Å². The van der Waals surface area contributed by atoms with Gasteiger partial charge in [0.05, 0.1) is 12.2 Å². The van der Waals surface area contributed by atoms with E-state index in [9.17, 15) is 10.2 Å². The molecule has 0 aromatic heterocycles. The first kappa shape index (κ1) is 15.6. The van der Waals surface area contributed by atoms with Crippen LogP contribution in [0.15, 0.2) is 12.7 Å². The molecule has 0 radical (unpaired) electrons. The van der Waals surface area contributed by atoms with Crippen LogP contribution in [0.3, 0.4) is 0 Å². The predicted molar refractivity (Wildman–Crippen MR) is 68.5 cm³/mol. The Kier molecular flexibility index (Phi) is 10.9. The normalized spacial score (nSPS) is 14.7. The van der Waals surface area contributed by atoms with E-state index in [0.717, 1.165) is 13.0 Å². The summed E-state index contributed by atoms with van der Waals surface area (Å²) in [5, 5.41) is 21.8. The maximum absolute atomic E-state index is 9.41. The highest BCUT2D eigenvalue weighted by atomic mass is 16.3. The maximum atomic E-state index is 9.41. The molecule has 3 N–H and O–H groups in total. The lowest BCUT2D eigenvalue weighted by Gasteiger charge is -2.14. The SMILES string of the molecule is C=C[C@@H](O)[C@H](O)CNCCCCCCCC. The molecular formula is C13H27NO2. The lowest BCUT2D eigenvalue weighted by molar-refractivity contribution is 0.0494. The second-order valence-corrected chi connectivity index (χ2v) is 4.27. The summed E-state index contributed by atoms with van der Waals surface area (Å²) >= 11 is 0. The van der Waals surface area contributed by atoms with Crippen molar-refractivity contribution in [2.24, 2.45) is 0 Å². The summed E-state index contributed by atoms with van der Waals surface area (Å²) in [7, 11) is 0. The van der Waals surface area contributed by atoms with Crippen LogP contribution in [0.5, 0.6) is 0 Å². The molecule has 96 valence electrons. The van der Waals surface area contributed by atoms with Crippen LogP contribution in [0.1, 0.15) is 45.4 Å². The second-order valence-electron chi connectivity index (χ2n) is 4.27. The third-order valence-corrected chi connectivity index (χ3v) is 2.70. The Bertz CT molecular complexity index is 162. The van der Waals surface area contributed by atoms with Crippen molar-refractivity contribution >= 4 is 0 Å². The van der Waals surface area contributed by atoms with Crippen LogP contribution in [0.4, 0.5) is 0 Å². The zero-order chi connectivity index (χ0) is 12.2. The van der Waals surface area contributed by atoms with E-state index in [-0.39, 0.29) is 0 Å². The van der Waals surface area contributed by atoms with Gasteiger partial charge in [0.2, 0.25) is 0 Å².